The maximum absolute atomic E-state index is 6.31. The van der Waals surface area contributed by atoms with Crippen molar-refractivity contribution < 1.29 is 4.42 Å². The summed E-state index contributed by atoms with van der Waals surface area (Å²) >= 11 is 1.97. The zero-order valence-corrected chi connectivity index (χ0v) is 33.4. The molecule has 0 spiro atoms. The van der Waals surface area contributed by atoms with E-state index in [1.165, 1.54) is 65.3 Å². The molecule has 7 aromatic rings. The molecule has 3 heteroatoms. The Morgan fingerprint density at radius 1 is 0.559 bits per heavy atom. The van der Waals surface area contributed by atoms with Gasteiger partial charge in [0, 0.05) is 39.1 Å². The number of anilines is 2. The van der Waals surface area contributed by atoms with Crippen LogP contribution in [0.2, 0.25) is 0 Å². The van der Waals surface area contributed by atoms with Crippen molar-refractivity contribution in [2.24, 2.45) is 17.8 Å². The zero-order valence-electron chi connectivity index (χ0n) is 32.5. The minimum Gasteiger partial charge on any atom is -0.456 e. The van der Waals surface area contributed by atoms with E-state index in [4.69, 9.17) is 4.42 Å². The summed E-state index contributed by atoms with van der Waals surface area (Å²) in [6.45, 7) is 0. The molecule has 5 aliphatic carbocycles. The summed E-state index contributed by atoms with van der Waals surface area (Å²) in [5.41, 5.74) is 14.9. The van der Waals surface area contributed by atoms with Gasteiger partial charge in [-0.2, -0.15) is 0 Å². The minimum atomic E-state index is 0.0611. The highest BCUT2D eigenvalue weighted by atomic mass is 32.1. The highest BCUT2D eigenvalue weighted by Crippen LogP contribution is 2.50. The van der Waals surface area contributed by atoms with Crippen molar-refractivity contribution in [1.29, 1.82) is 0 Å². The van der Waals surface area contributed by atoms with Gasteiger partial charge in [0.15, 0.2) is 0 Å². The predicted octanol–water partition coefficient (Wildman–Crippen LogP) is 14.8. The average Bonchev–Trinajstić information content (AvgIpc) is 3.88. The van der Waals surface area contributed by atoms with Crippen LogP contribution >= 0.6 is 11.3 Å². The normalized spacial score (nSPS) is 21.5. The number of thiophene rings is 1. The standard InChI is InChI=1S/C56H41NOS/c1-2-13-38(14-3-1)42-21-11-23-49-50-24-12-25-52(56(50)59-55(42)49)57(40-30-27-36(28-31-40)39-29-32-48-47-20-8-9-26-53(47)58-54(48)35-39)51-34-33-45(44-18-6-7-19-46(44)51)43-22-10-16-37-15-4-5-17-41(37)43/h1-10,12-22,24-35,41,43,46,51H,11,23H2. The molecule has 59 heavy (non-hydrogen) atoms. The molecule has 0 N–H and O–H groups in total. The molecule has 2 heterocycles. The van der Waals surface area contributed by atoms with Gasteiger partial charge in [-0.25, -0.2) is 0 Å². The van der Waals surface area contributed by atoms with Gasteiger partial charge in [-0.3, -0.25) is 0 Å². The summed E-state index contributed by atoms with van der Waals surface area (Å²) in [4.78, 5) is 4.04. The molecule has 5 aromatic carbocycles. The molecule has 0 saturated heterocycles. The first-order chi connectivity index (χ1) is 29.3. The zero-order chi connectivity index (χ0) is 38.9. The van der Waals surface area contributed by atoms with E-state index in [9.17, 15) is 0 Å². The van der Waals surface area contributed by atoms with Crippen molar-refractivity contribution in [2.75, 3.05) is 4.90 Å². The maximum Gasteiger partial charge on any atom is 0.136 e. The first-order valence-corrected chi connectivity index (χ1v) is 21.7. The van der Waals surface area contributed by atoms with Crippen molar-refractivity contribution >= 4 is 60.3 Å². The van der Waals surface area contributed by atoms with E-state index < -0.39 is 0 Å². The lowest BCUT2D eigenvalue weighted by atomic mass is 9.70. The predicted molar refractivity (Wildman–Crippen MR) is 249 cm³/mol. The molecule has 4 atom stereocenters. The van der Waals surface area contributed by atoms with Crippen LogP contribution in [0.4, 0.5) is 11.4 Å². The van der Waals surface area contributed by atoms with Gasteiger partial charge in [-0.05, 0) is 99.2 Å². The van der Waals surface area contributed by atoms with E-state index >= 15 is 0 Å². The molecule has 0 radical (unpaired) electrons. The van der Waals surface area contributed by atoms with Gasteiger partial charge < -0.3 is 9.32 Å². The molecule has 0 saturated carbocycles. The lowest BCUT2D eigenvalue weighted by molar-refractivity contribution is 0.575. The van der Waals surface area contributed by atoms with E-state index in [2.05, 4.69) is 193 Å². The van der Waals surface area contributed by atoms with Crippen molar-refractivity contribution in [1.82, 2.24) is 0 Å². The Labute approximate surface area is 348 Å². The van der Waals surface area contributed by atoms with E-state index in [0.717, 1.165) is 40.3 Å². The fourth-order valence-electron chi connectivity index (χ4n) is 10.2. The SMILES string of the molecule is C1=CC2=CC=CC(C3=C4C=CC=CC4C(N(c4ccc(-c5ccc6c(c5)oc5ccccc56)cc4)c4cccc5c6c(sc45)C(c4ccccc4)=CCC6)C=C3)C2C=C1. The summed E-state index contributed by atoms with van der Waals surface area (Å²) in [5, 5.41) is 3.69. The number of furan rings is 1. The number of aryl methyl sites for hydroxylation is 1. The van der Waals surface area contributed by atoms with Gasteiger partial charge in [0.1, 0.15) is 11.2 Å². The van der Waals surface area contributed by atoms with Crippen molar-refractivity contribution in [2.45, 2.75) is 18.9 Å². The van der Waals surface area contributed by atoms with Crippen LogP contribution < -0.4 is 4.90 Å². The van der Waals surface area contributed by atoms with Crippen LogP contribution in [0, 0.1) is 17.8 Å². The van der Waals surface area contributed by atoms with Crippen molar-refractivity contribution in [3.8, 4) is 11.1 Å². The van der Waals surface area contributed by atoms with Gasteiger partial charge >= 0.3 is 0 Å². The molecule has 5 aliphatic rings. The minimum absolute atomic E-state index is 0.0611. The fraction of sp³-hybridized carbons (Fsp3) is 0.107. The fourth-order valence-corrected chi connectivity index (χ4v) is 11.6. The monoisotopic (exact) mass is 775 g/mol. The molecule has 0 bridgehead atoms. The summed E-state index contributed by atoms with van der Waals surface area (Å²) in [6, 6.07) is 42.1. The number of allylic oxidation sites excluding steroid dienone is 14. The quantitative estimate of drug-likeness (QED) is 0.167. The van der Waals surface area contributed by atoms with Crippen LogP contribution in [0.5, 0.6) is 0 Å². The van der Waals surface area contributed by atoms with E-state index in [0.29, 0.717) is 5.92 Å². The molecule has 0 amide bonds. The lowest BCUT2D eigenvalue weighted by Gasteiger charge is -2.41. The summed E-state index contributed by atoms with van der Waals surface area (Å²) < 4.78 is 7.66. The molecule has 2 nitrogen and oxygen atoms in total. The van der Waals surface area contributed by atoms with Crippen LogP contribution in [0.15, 0.2) is 221 Å². The second kappa shape index (κ2) is 14.0. The second-order valence-corrected chi connectivity index (χ2v) is 17.2. The van der Waals surface area contributed by atoms with Gasteiger partial charge in [-0.1, -0.05) is 164 Å². The molecule has 2 aromatic heterocycles. The first kappa shape index (κ1) is 34.4. The third-order valence-electron chi connectivity index (χ3n) is 13.0. The van der Waals surface area contributed by atoms with Crippen molar-refractivity contribution in [3.63, 3.8) is 0 Å². The first-order valence-electron chi connectivity index (χ1n) is 20.9. The van der Waals surface area contributed by atoms with E-state index in [1.54, 1.807) is 0 Å². The van der Waals surface area contributed by atoms with Gasteiger partial charge in [-0.15, -0.1) is 11.3 Å². The Bertz CT molecular complexity index is 3120. The molecular formula is C56H41NOS. The average molecular weight is 776 g/mol. The number of fused-ring (bicyclic) bond motifs is 8. The van der Waals surface area contributed by atoms with Gasteiger partial charge in [0.25, 0.3) is 0 Å². The van der Waals surface area contributed by atoms with Crippen molar-refractivity contribution in [3.05, 3.63) is 233 Å². The van der Waals surface area contributed by atoms with Gasteiger partial charge in [0.05, 0.1) is 16.4 Å². The Hall–Kier alpha value is -6.68. The number of hydrogen-bond donors (Lipinski definition) is 0. The second-order valence-electron chi connectivity index (χ2n) is 16.2. The molecular weight excluding hydrogens is 735 g/mol. The van der Waals surface area contributed by atoms with Crippen LogP contribution in [0.1, 0.15) is 22.4 Å². The summed E-state index contributed by atoms with van der Waals surface area (Å²) in [5.74, 6) is 0.800. The van der Waals surface area contributed by atoms with E-state index in [1.807, 2.05) is 23.5 Å². The van der Waals surface area contributed by atoms with Crippen LogP contribution in [-0.2, 0) is 6.42 Å². The van der Waals surface area contributed by atoms with Gasteiger partial charge in [0.2, 0.25) is 0 Å². The molecule has 12 rings (SSSR count). The summed E-state index contributed by atoms with van der Waals surface area (Å²) in [6.07, 6.45) is 34.7. The highest BCUT2D eigenvalue weighted by Gasteiger charge is 2.37. The third-order valence-corrected chi connectivity index (χ3v) is 14.3. The Kier molecular flexibility index (Phi) is 8.16. The lowest BCUT2D eigenvalue weighted by Crippen LogP contribution is -2.39. The van der Waals surface area contributed by atoms with Crippen LogP contribution in [-0.4, -0.2) is 6.04 Å². The Balaban J connectivity index is 0.992. The molecule has 4 unspecified atom stereocenters. The Morgan fingerprint density at radius 2 is 1.32 bits per heavy atom. The molecule has 282 valence electrons. The molecule has 0 aliphatic heterocycles. The third kappa shape index (κ3) is 5.67. The summed E-state index contributed by atoms with van der Waals surface area (Å²) in [7, 11) is 0. The number of para-hydroxylation sites is 1. The highest BCUT2D eigenvalue weighted by molar-refractivity contribution is 7.21. The smallest absolute Gasteiger partial charge is 0.136 e. The topological polar surface area (TPSA) is 16.4 Å². The number of benzene rings is 5. The molecule has 0 fully saturated rings. The largest absolute Gasteiger partial charge is 0.456 e. The Morgan fingerprint density at radius 3 is 2.24 bits per heavy atom. The van der Waals surface area contributed by atoms with Crippen LogP contribution in [0.25, 0.3) is 48.7 Å². The van der Waals surface area contributed by atoms with E-state index in [-0.39, 0.29) is 17.9 Å². The number of hydrogen-bond acceptors (Lipinski definition) is 3. The van der Waals surface area contributed by atoms with Crippen LogP contribution in [0.3, 0.4) is 0 Å². The maximum atomic E-state index is 6.31. The number of nitrogens with zero attached hydrogens (tertiary/aromatic N) is 1. The number of rotatable bonds is 6.